The van der Waals surface area contributed by atoms with E-state index in [0.717, 1.165) is 0 Å². The zero-order chi connectivity index (χ0) is 40.7. The largest absolute Gasteiger partial charge is 0.492 e. The Morgan fingerprint density at radius 1 is 1.02 bits per heavy atom. The van der Waals surface area contributed by atoms with Crippen molar-refractivity contribution in [3.05, 3.63) is 35.7 Å². The highest BCUT2D eigenvalue weighted by atomic mass is 16.8. The molecule has 2 N–H and O–H groups in total. The van der Waals surface area contributed by atoms with E-state index < -0.39 is 59.6 Å². The molecule has 1 fully saturated rings. The first-order chi connectivity index (χ1) is 25.7. The molecule has 0 radical (unpaired) electrons. The number of nitrogens with one attached hydrogen (secondary N) is 1. The third-order valence-corrected chi connectivity index (χ3v) is 9.38. The molecule has 1 saturated heterocycles. The molecule has 0 saturated carbocycles. The van der Waals surface area contributed by atoms with Crippen molar-refractivity contribution >= 4 is 18.2 Å². The molecular formula is C40H63N3O12. The van der Waals surface area contributed by atoms with E-state index in [4.69, 9.17) is 37.9 Å². The van der Waals surface area contributed by atoms with Crippen molar-refractivity contribution < 1.29 is 57.4 Å². The van der Waals surface area contributed by atoms with E-state index in [2.05, 4.69) is 5.32 Å². The lowest BCUT2D eigenvalue weighted by molar-refractivity contribution is -0.156. The molecule has 55 heavy (non-hydrogen) atoms. The van der Waals surface area contributed by atoms with Crippen LogP contribution in [0.1, 0.15) is 111 Å². The number of carbonyl (C=O) groups is 3. The van der Waals surface area contributed by atoms with E-state index in [1.165, 1.54) is 16.9 Å². The first kappa shape index (κ1) is 43.9. The van der Waals surface area contributed by atoms with E-state index in [9.17, 15) is 19.5 Å². The molecule has 3 heterocycles. The summed E-state index contributed by atoms with van der Waals surface area (Å²) in [6, 6.07) is 3.40. The predicted molar refractivity (Wildman–Crippen MR) is 202 cm³/mol. The van der Waals surface area contributed by atoms with Gasteiger partial charge in [0.25, 0.3) is 0 Å². The summed E-state index contributed by atoms with van der Waals surface area (Å²) >= 11 is 0. The normalized spacial score (nSPS) is 25.8. The number of aliphatic hydroxyl groups excluding tert-OH is 1. The molecule has 15 nitrogen and oxygen atoms in total. The Morgan fingerprint density at radius 2 is 1.73 bits per heavy atom. The van der Waals surface area contributed by atoms with E-state index in [0.29, 0.717) is 43.4 Å². The summed E-state index contributed by atoms with van der Waals surface area (Å²) in [5.41, 5.74) is -0.566. The number of nitrogens with zero attached hydrogens (tertiary/aromatic N) is 2. The minimum Gasteiger partial charge on any atom is -0.492 e. The summed E-state index contributed by atoms with van der Waals surface area (Å²) in [7, 11) is 1.49. The number of aryl methyl sites for hydroxylation is 1. The van der Waals surface area contributed by atoms with Gasteiger partial charge in [-0.15, -0.1) is 0 Å². The number of esters is 1. The van der Waals surface area contributed by atoms with Crippen LogP contribution < -0.4 is 14.8 Å². The molecule has 15 heteroatoms. The van der Waals surface area contributed by atoms with E-state index in [-0.39, 0.29) is 49.8 Å². The third kappa shape index (κ3) is 12.9. The maximum absolute atomic E-state index is 13.9. The number of cyclic esters (lactones) is 1. The minimum atomic E-state index is -0.839. The lowest BCUT2D eigenvalue weighted by Crippen LogP contribution is -2.51. The highest BCUT2D eigenvalue weighted by Gasteiger charge is 2.44. The molecule has 0 bridgehead atoms. The summed E-state index contributed by atoms with van der Waals surface area (Å²) in [5, 5.41) is 14.2. The van der Waals surface area contributed by atoms with Crippen molar-refractivity contribution in [3.63, 3.8) is 0 Å². The maximum atomic E-state index is 13.9. The van der Waals surface area contributed by atoms with Gasteiger partial charge in [-0.25, -0.2) is 14.4 Å². The highest BCUT2D eigenvalue weighted by molar-refractivity contribution is 5.94. The average molecular weight is 778 g/mol. The number of methoxy groups -OCH3 is 1. The Morgan fingerprint density at radius 3 is 2.40 bits per heavy atom. The van der Waals surface area contributed by atoms with Gasteiger partial charge in [0.15, 0.2) is 12.6 Å². The molecule has 0 aromatic heterocycles. The monoisotopic (exact) mass is 777 g/mol. The van der Waals surface area contributed by atoms with Crippen molar-refractivity contribution in [1.82, 2.24) is 15.1 Å². The minimum absolute atomic E-state index is 0.0369. The first-order valence-corrected chi connectivity index (χ1v) is 19.2. The van der Waals surface area contributed by atoms with Gasteiger partial charge < -0.3 is 53.2 Å². The van der Waals surface area contributed by atoms with Crippen LogP contribution in [0.5, 0.6) is 11.5 Å². The quantitative estimate of drug-likeness (QED) is 0.168. The molecular weight excluding hydrogens is 714 g/mol. The van der Waals surface area contributed by atoms with Crippen LogP contribution in [-0.2, 0) is 34.8 Å². The molecule has 1 aromatic carbocycles. The predicted octanol–water partition coefficient (Wildman–Crippen LogP) is 6.10. The van der Waals surface area contributed by atoms with Gasteiger partial charge in [-0.2, -0.15) is 0 Å². The summed E-state index contributed by atoms with van der Waals surface area (Å²) in [5.74, 6) is -0.792. The number of hydrogen-bond acceptors (Lipinski definition) is 13. The number of hydrogen-bond donors (Lipinski definition) is 2. The van der Waals surface area contributed by atoms with Crippen LogP contribution in [0.15, 0.2) is 24.5 Å². The molecule has 1 aromatic rings. The summed E-state index contributed by atoms with van der Waals surface area (Å²) in [6.45, 7) is 18.3. The SMILES string of the molecule is COCOc1cc(OCCN(CC2NC=CN2C(=O)OC(C)(C)C)C(=O)OC(C)(C)C)cc2c1C(=O)OC(C)[C@H](C)CCC(O)C1OC(C)(C)OC1CCC2. The van der Waals surface area contributed by atoms with Gasteiger partial charge in [0, 0.05) is 25.6 Å². The molecule has 5 unspecified atom stereocenters. The number of ether oxygens (including phenoxy) is 8. The van der Waals surface area contributed by atoms with Crippen molar-refractivity contribution in [2.75, 3.05) is 33.6 Å². The van der Waals surface area contributed by atoms with Crippen molar-refractivity contribution in [2.24, 2.45) is 5.92 Å². The van der Waals surface area contributed by atoms with Gasteiger partial charge in [0.05, 0.1) is 25.3 Å². The topological polar surface area (TPSA) is 164 Å². The zero-order valence-electron chi connectivity index (χ0n) is 34.5. The van der Waals surface area contributed by atoms with Crippen LogP contribution in [-0.4, -0.2) is 114 Å². The van der Waals surface area contributed by atoms with Crippen molar-refractivity contribution in [3.8, 4) is 11.5 Å². The summed E-state index contributed by atoms with van der Waals surface area (Å²) < 4.78 is 47.1. The van der Waals surface area contributed by atoms with Gasteiger partial charge in [-0.1, -0.05) is 6.92 Å². The number of benzene rings is 1. The Kier molecular flexibility index (Phi) is 14.7. The summed E-state index contributed by atoms with van der Waals surface area (Å²) in [6.07, 6.45) is 2.11. The third-order valence-electron chi connectivity index (χ3n) is 9.38. The number of aliphatic hydroxyl groups is 1. The number of carbonyl (C=O) groups excluding carboxylic acids is 3. The van der Waals surface area contributed by atoms with E-state index in [1.807, 2.05) is 27.7 Å². The van der Waals surface area contributed by atoms with Gasteiger partial charge in [0.1, 0.15) is 53.2 Å². The second-order valence-electron chi connectivity index (χ2n) is 16.9. The standard InChI is InChI=1S/C40H63N3O12/c1-25-15-16-29(44)34-30(52-40(9,10)53-34)14-12-13-27-21-28(22-31(50-24-48-11)33(27)35(45)51-26(25)2)49-20-19-42(36(46)54-38(3,4)5)23-32-41-17-18-43(32)37(47)55-39(6,7)8/h17-18,21-22,25-26,29-30,32,34,41,44H,12-16,19-20,23-24H2,1-11H3/t25-,26?,29?,30?,32?,34?/m1/s1. The number of amides is 2. The number of fused-ring (bicyclic) bond motifs is 2. The smallest absolute Gasteiger partial charge is 0.416 e. The lowest BCUT2D eigenvalue weighted by atomic mass is 9.92. The second kappa shape index (κ2) is 18.4. The van der Waals surface area contributed by atoms with Crippen LogP contribution in [0.25, 0.3) is 0 Å². The van der Waals surface area contributed by atoms with Crippen molar-refractivity contribution in [1.29, 1.82) is 0 Å². The van der Waals surface area contributed by atoms with E-state index >= 15 is 0 Å². The second-order valence-corrected chi connectivity index (χ2v) is 16.9. The molecule has 4 rings (SSSR count). The fraction of sp³-hybridized carbons (Fsp3) is 0.725. The molecule has 3 aliphatic rings. The maximum Gasteiger partial charge on any atom is 0.416 e. The molecule has 0 aliphatic carbocycles. The Hall–Kier alpha value is -3.79. The van der Waals surface area contributed by atoms with Gasteiger partial charge in [-0.3, -0.25) is 4.90 Å². The van der Waals surface area contributed by atoms with Gasteiger partial charge in [0.2, 0.25) is 0 Å². The van der Waals surface area contributed by atoms with Gasteiger partial charge >= 0.3 is 18.2 Å². The zero-order valence-corrected chi connectivity index (χ0v) is 34.5. The van der Waals surface area contributed by atoms with Crippen LogP contribution in [0.3, 0.4) is 0 Å². The average Bonchev–Trinajstić information content (AvgIpc) is 3.66. The Labute approximate surface area is 325 Å². The lowest BCUT2D eigenvalue weighted by Gasteiger charge is -2.33. The molecule has 310 valence electrons. The first-order valence-electron chi connectivity index (χ1n) is 19.2. The molecule has 6 atom stereocenters. The fourth-order valence-electron chi connectivity index (χ4n) is 6.60. The van der Waals surface area contributed by atoms with Crippen LogP contribution in [0.4, 0.5) is 9.59 Å². The van der Waals surface area contributed by atoms with Crippen LogP contribution in [0, 0.1) is 5.92 Å². The molecule has 3 aliphatic heterocycles. The van der Waals surface area contributed by atoms with Crippen LogP contribution in [0.2, 0.25) is 0 Å². The highest BCUT2D eigenvalue weighted by Crippen LogP contribution is 2.37. The summed E-state index contributed by atoms with van der Waals surface area (Å²) in [4.78, 5) is 43.2. The Bertz CT molecular complexity index is 1500. The molecule has 2 amide bonds. The Balaban J connectivity index is 1.59. The molecule has 0 spiro atoms. The van der Waals surface area contributed by atoms with Crippen LogP contribution >= 0.6 is 0 Å². The van der Waals surface area contributed by atoms with Crippen molar-refractivity contribution in [2.45, 2.75) is 149 Å². The fourth-order valence-corrected chi connectivity index (χ4v) is 6.60. The number of rotatable bonds is 9. The van der Waals surface area contributed by atoms with Gasteiger partial charge in [-0.05, 0) is 112 Å². The van der Waals surface area contributed by atoms with E-state index in [1.54, 1.807) is 66.1 Å².